The molecule has 0 bridgehead atoms. The number of anilines is 1. The average Bonchev–Trinajstić information content (AvgIpc) is 2.33. The van der Waals surface area contributed by atoms with Gasteiger partial charge in [-0.1, -0.05) is 11.6 Å². The number of nitro groups is 1. The van der Waals surface area contributed by atoms with Gasteiger partial charge in [-0.2, -0.15) is 11.8 Å². The van der Waals surface area contributed by atoms with Crippen molar-refractivity contribution in [1.82, 2.24) is 0 Å². The van der Waals surface area contributed by atoms with Crippen LogP contribution in [-0.2, 0) is 0 Å². The molecule has 0 fully saturated rings. The van der Waals surface area contributed by atoms with Crippen LogP contribution < -0.4 is 5.32 Å². The zero-order chi connectivity index (χ0) is 14.4. The largest absolute Gasteiger partial charge is 0.396 e. The Morgan fingerprint density at radius 2 is 2.26 bits per heavy atom. The lowest BCUT2D eigenvalue weighted by Gasteiger charge is -2.20. The molecule has 0 saturated heterocycles. The molecule has 0 aliphatic rings. The third-order valence-electron chi connectivity index (χ3n) is 2.68. The van der Waals surface area contributed by atoms with Gasteiger partial charge in [0.15, 0.2) is 0 Å². The topological polar surface area (TPSA) is 75.4 Å². The summed E-state index contributed by atoms with van der Waals surface area (Å²) in [5.74, 6) is 0.827. The van der Waals surface area contributed by atoms with E-state index in [2.05, 4.69) is 5.32 Å². The van der Waals surface area contributed by atoms with E-state index in [1.165, 1.54) is 12.1 Å². The molecule has 0 aromatic heterocycles. The Kier molecular flexibility index (Phi) is 6.41. The second-order valence-corrected chi connectivity index (χ2v) is 5.50. The zero-order valence-electron chi connectivity index (χ0n) is 10.9. The minimum absolute atomic E-state index is 0.0170. The quantitative estimate of drug-likeness (QED) is 0.598. The van der Waals surface area contributed by atoms with Gasteiger partial charge in [-0.05, 0) is 25.2 Å². The van der Waals surface area contributed by atoms with Crippen molar-refractivity contribution in [3.05, 3.63) is 32.8 Å². The molecular weight excluding hydrogens is 288 g/mol. The number of hydrogen-bond acceptors (Lipinski definition) is 5. The minimum atomic E-state index is -0.463. The van der Waals surface area contributed by atoms with Gasteiger partial charge in [-0.3, -0.25) is 10.1 Å². The van der Waals surface area contributed by atoms with Gasteiger partial charge < -0.3 is 10.4 Å². The number of non-ortho nitro benzene ring substituents is 1. The Morgan fingerprint density at radius 1 is 1.58 bits per heavy atom. The molecule has 5 nitrogen and oxygen atoms in total. The highest BCUT2D eigenvalue weighted by atomic mass is 35.5. The van der Waals surface area contributed by atoms with Crippen molar-refractivity contribution in [2.75, 3.05) is 23.9 Å². The molecule has 0 heterocycles. The molecule has 1 rings (SSSR count). The summed E-state index contributed by atoms with van der Waals surface area (Å²) in [6.07, 6.45) is 2.59. The summed E-state index contributed by atoms with van der Waals surface area (Å²) < 4.78 is 0. The highest BCUT2D eigenvalue weighted by Gasteiger charge is 2.16. The number of aliphatic hydroxyl groups is 1. The van der Waals surface area contributed by atoms with Crippen LogP contribution in [0.5, 0.6) is 0 Å². The number of benzene rings is 1. The van der Waals surface area contributed by atoms with Crippen LogP contribution in [0.25, 0.3) is 0 Å². The van der Waals surface area contributed by atoms with Crippen LogP contribution in [0.2, 0.25) is 5.02 Å². The number of aryl methyl sites for hydroxylation is 1. The monoisotopic (exact) mass is 304 g/mol. The Morgan fingerprint density at radius 3 is 2.74 bits per heavy atom. The highest BCUT2D eigenvalue weighted by molar-refractivity contribution is 7.98. The van der Waals surface area contributed by atoms with Crippen LogP contribution in [0.4, 0.5) is 11.4 Å². The number of rotatable bonds is 7. The van der Waals surface area contributed by atoms with Crippen molar-refractivity contribution in [3.8, 4) is 0 Å². The summed E-state index contributed by atoms with van der Waals surface area (Å²) in [4.78, 5) is 10.3. The van der Waals surface area contributed by atoms with Gasteiger partial charge in [0.2, 0.25) is 0 Å². The first-order chi connectivity index (χ1) is 8.99. The zero-order valence-corrected chi connectivity index (χ0v) is 12.4. The van der Waals surface area contributed by atoms with Crippen molar-refractivity contribution < 1.29 is 10.0 Å². The van der Waals surface area contributed by atoms with Crippen molar-refractivity contribution in [1.29, 1.82) is 0 Å². The van der Waals surface area contributed by atoms with E-state index in [1.54, 1.807) is 18.7 Å². The molecule has 0 radical (unpaired) electrons. The molecule has 0 aliphatic carbocycles. The molecule has 1 aromatic rings. The number of hydrogen-bond donors (Lipinski definition) is 2. The Balaban J connectivity index is 2.96. The summed E-state index contributed by atoms with van der Waals surface area (Å²) in [6.45, 7) is 1.86. The molecule has 1 aromatic carbocycles. The number of aliphatic hydroxyl groups excluding tert-OH is 1. The van der Waals surface area contributed by atoms with Crippen LogP contribution >= 0.6 is 23.4 Å². The van der Waals surface area contributed by atoms with Gasteiger partial charge >= 0.3 is 0 Å². The minimum Gasteiger partial charge on any atom is -0.396 e. The van der Waals surface area contributed by atoms with Gasteiger partial charge in [0.1, 0.15) is 0 Å². The first-order valence-electron chi connectivity index (χ1n) is 5.80. The average molecular weight is 305 g/mol. The van der Waals surface area contributed by atoms with Crippen LogP contribution in [0.3, 0.4) is 0 Å². The van der Waals surface area contributed by atoms with Crippen LogP contribution in [0.15, 0.2) is 12.1 Å². The van der Waals surface area contributed by atoms with E-state index in [-0.39, 0.29) is 18.3 Å². The number of thioether (sulfide) groups is 1. The standard InChI is InChI=1S/C12H17ClN2O3S/c1-8-5-10(15(17)18)6-11(13)12(8)14-9(3-4-16)7-19-2/h5-6,9,14,16H,3-4,7H2,1-2H3. The van der Waals surface area contributed by atoms with Crippen LogP contribution in [-0.4, -0.2) is 34.7 Å². The van der Waals surface area contributed by atoms with Crippen molar-refractivity contribution in [2.45, 2.75) is 19.4 Å². The van der Waals surface area contributed by atoms with Crippen molar-refractivity contribution >= 4 is 34.7 Å². The van der Waals surface area contributed by atoms with Crippen molar-refractivity contribution in [3.63, 3.8) is 0 Å². The number of nitrogens with zero attached hydrogens (tertiary/aromatic N) is 1. The van der Waals surface area contributed by atoms with Gasteiger partial charge in [0.25, 0.3) is 5.69 Å². The Labute approximate surface area is 121 Å². The lowest BCUT2D eigenvalue weighted by atomic mass is 10.1. The smallest absolute Gasteiger partial charge is 0.271 e. The van der Waals surface area contributed by atoms with E-state index in [4.69, 9.17) is 16.7 Å². The predicted octanol–water partition coefficient (Wildman–Crippen LogP) is 3.08. The maximum absolute atomic E-state index is 10.7. The maximum atomic E-state index is 10.7. The van der Waals surface area contributed by atoms with Crippen LogP contribution in [0.1, 0.15) is 12.0 Å². The molecule has 2 N–H and O–H groups in total. The molecule has 7 heteroatoms. The summed E-state index contributed by atoms with van der Waals surface area (Å²) >= 11 is 7.75. The normalized spacial score (nSPS) is 12.2. The van der Waals surface area contributed by atoms with Crippen LogP contribution in [0, 0.1) is 17.0 Å². The predicted molar refractivity (Wildman–Crippen MR) is 80.3 cm³/mol. The van der Waals surface area contributed by atoms with Gasteiger partial charge in [0, 0.05) is 30.5 Å². The van der Waals surface area contributed by atoms with E-state index < -0.39 is 4.92 Å². The molecule has 0 spiro atoms. The first-order valence-corrected chi connectivity index (χ1v) is 7.57. The number of nitrogens with one attached hydrogen (secondary N) is 1. The van der Waals surface area contributed by atoms with Crippen molar-refractivity contribution in [2.24, 2.45) is 0 Å². The fraction of sp³-hybridized carbons (Fsp3) is 0.500. The summed E-state index contributed by atoms with van der Waals surface area (Å²) in [6, 6.07) is 2.91. The van der Waals surface area contributed by atoms with E-state index >= 15 is 0 Å². The number of halogens is 1. The summed E-state index contributed by atoms with van der Waals surface area (Å²) in [7, 11) is 0. The van der Waals surface area contributed by atoms with Gasteiger partial charge in [0.05, 0.1) is 15.6 Å². The fourth-order valence-electron chi connectivity index (χ4n) is 1.77. The molecule has 106 valence electrons. The summed E-state index contributed by atoms with van der Waals surface area (Å²) in [5.41, 5.74) is 1.40. The first kappa shape index (κ1) is 16.1. The molecule has 0 amide bonds. The maximum Gasteiger partial charge on any atom is 0.271 e. The number of nitro benzene ring substituents is 1. The second-order valence-electron chi connectivity index (χ2n) is 4.19. The SMILES string of the molecule is CSCC(CCO)Nc1c(C)cc([N+](=O)[O-])cc1Cl. The molecule has 19 heavy (non-hydrogen) atoms. The Hall–Kier alpha value is -0.980. The molecule has 1 atom stereocenters. The molecule has 0 aliphatic heterocycles. The van der Waals surface area contributed by atoms with E-state index in [9.17, 15) is 10.1 Å². The lowest BCUT2D eigenvalue weighted by Crippen LogP contribution is -2.24. The Bertz CT molecular complexity index is 428. The highest BCUT2D eigenvalue weighted by Crippen LogP contribution is 2.31. The fourth-order valence-corrected chi connectivity index (χ4v) is 2.74. The third kappa shape index (κ3) is 4.56. The second kappa shape index (κ2) is 7.57. The van der Waals surface area contributed by atoms with E-state index in [0.717, 1.165) is 11.3 Å². The molecular formula is C12H17ClN2O3S. The summed E-state index contributed by atoms with van der Waals surface area (Å²) in [5, 5.41) is 23.3. The van der Waals surface area contributed by atoms with E-state index in [1.807, 2.05) is 6.26 Å². The lowest BCUT2D eigenvalue weighted by molar-refractivity contribution is -0.384. The third-order valence-corrected chi connectivity index (χ3v) is 3.71. The van der Waals surface area contributed by atoms with E-state index in [0.29, 0.717) is 17.1 Å². The molecule has 0 saturated carbocycles. The van der Waals surface area contributed by atoms with Gasteiger partial charge in [-0.15, -0.1) is 0 Å². The molecule has 1 unspecified atom stereocenters. The van der Waals surface area contributed by atoms with Gasteiger partial charge in [-0.25, -0.2) is 0 Å².